The van der Waals surface area contributed by atoms with Gasteiger partial charge in [0.15, 0.2) is 0 Å². The summed E-state index contributed by atoms with van der Waals surface area (Å²) in [6.45, 7) is 0.827. The van der Waals surface area contributed by atoms with Gasteiger partial charge in [0.1, 0.15) is 0 Å². The van der Waals surface area contributed by atoms with Crippen LogP contribution in [0.5, 0.6) is 0 Å². The highest BCUT2D eigenvalue weighted by Gasteiger charge is 2.17. The number of carboxylic acid groups (broad SMARTS) is 1. The number of hydrogen-bond acceptors (Lipinski definition) is 2. The highest BCUT2D eigenvalue weighted by molar-refractivity contribution is 14.1. The van der Waals surface area contributed by atoms with Gasteiger partial charge in [0.05, 0.1) is 28.8 Å². The fraction of sp³-hybridized carbons (Fsp3) is 0.500. The average Bonchev–Trinajstić information content (AvgIpc) is 1.88. The van der Waals surface area contributed by atoms with Gasteiger partial charge in [0.2, 0.25) is 0 Å². The van der Waals surface area contributed by atoms with E-state index in [1.54, 1.807) is 6.08 Å². The van der Waals surface area contributed by atoms with E-state index in [0.29, 0.717) is 0 Å². The van der Waals surface area contributed by atoms with E-state index in [-0.39, 0.29) is 5.92 Å². The van der Waals surface area contributed by atoms with Crippen molar-refractivity contribution < 1.29 is 9.90 Å². The van der Waals surface area contributed by atoms with Crippen LogP contribution in [0.25, 0.3) is 0 Å². The first kappa shape index (κ1) is 7.84. The van der Waals surface area contributed by atoms with Gasteiger partial charge in [-0.2, -0.15) is 0 Å². The molecule has 0 aromatic heterocycles. The van der Waals surface area contributed by atoms with Crippen LogP contribution in [-0.2, 0) is 4.79 Å². The van der Waals surface area contributed by atoms with Gasteiger partial charge in [-0.25, -0.2) is 0 Å². The molecule has 0 bridgehead atoms. The SMILES string of the molecule is O=C(O)C1C=CN(I)CC1. The molecule has 1 rings (SSSR count). The lowest BCUT2D eigenvalue weighted by molar-refractivity contribution is -0.140. The first-order valence-corrected chi connectivity index (χ1v) is 4.00. The Balaban J connectivity index is 2.53. The van der Waals surface area contributed by atoms with Crippen LogP contribution in [0.4, 0.5) is 0 Å². The van der Waals surface area contributed by atoms with E-state index in [2.05, 4.69) is 22.9 Å². The standard InChI is InChI=1S/C6H8INO2/c7-8-3-1-5(2-4-8)6(9)10/h1,3,5H,2,4H2,(H,9,10). The summed E-state index contributed by atoms with van der Waals surface area (Å²) in [5.74, 6) is -0.994. The maximum absolute atomic E-state index is 10.4. The van der Waals surface area contributed by atoms with E-state index in [9.17, 15) is 4.79 Å². The van der Waals surface area contributed by atoms with Crippen molar-refractivity contribution in [1.82, 2.24) is 3.11 Å². The minimum absolute atomic E-state index is 0.272. The van der Waals surface area contributed by atoms with Crippen molar-refractivity contribution in [3.63, 3.8) is 0 Å². The Kier molecular flexibility index (Phi) is 2.53. The van der Waals surface area contributed by atoms with E-state index < -0.39 is 5.97 Å². The summed E-state index contributed by atoms with van der Waals surface area (Å²) in [6, 6.07) is 0. The molecular weight excluding hydrogens is 245 g/mol. The second-order valence-electron chi connectivity index (χ2n) is 2.20. The monoisotopic (exact) mass is 253 g/mol. The molecule has 1 heterocycles. The van der Waals surface area contributed by atoms with Crippen molar-refractivity contribution in [1.29, 1.82) is 0 Å². The second-order valence-corrected chi connectivity index (χ2v) is 3.44. The fourth-order valence-corrected chi connectivity index (χ4v) is 1.30. The number of carbonyl (C=O) groups is 1. The van der Waals surface area contributed by atoms with Crippen molar-refractivity contribution in [2.75, 3.05) is 6.54 Å². The Labute approximate surface area is 73.2 Å². The van der Waals surface area contributed by atoms with Crippen LogP contribution >= 0.6 is 22.9 Å². The zero-order chi connectivity index (χ0) is 7.56. The molecule has 0 aromatic carbocycles. The molecule has 4 heteroatoms. The number of nitrogens with zero attached hydrogens (tertiary/aromatic N) is 1. The average molecular weight is 253 g/mol. The molecule has 1 aliphatic rings. The zero-order valence-corrected chi connectivity index (χ0v) is 7.48. The first-order valence-electron chi connectivity index (χ1n) is 3.03. The van der Waals surface area contributed by atoms with Crippen LogP contribution in [0, 0.1) is 5.92 Å². The lowest BCUT2D eigenvalue weighted by Gasteiger charge is -2.19. The summed E-state index contributed by atoms with van der Waals surface area (Å²) >= 11 is 2.14. The van der Waals surface area contributed by atoms with Crippen LogP contribution in [0.15, 0.2) is 12.3 Å². The Morgan fingerprint density at radius 3 is 2.90 bits per heavy atom. The van der Waals surface area contributed by atoms with Gasteiger partial charge in [-0.05, 0) is 6.42 Å². The maximum Gasteiger partial charge on any atom is 0.310 e. The highest BCUT2D eigenvalue weighted by atomic mass is 127. The Morgan fingerprint density at radius 1 is 1.80 bits per heavy atom. The Morgan fingerprint density at radius 2 is 2.50 bits per heavy atom. The number of hydrogen-bond donors (Lipinski definition) is 1. The molecule has 0 spiro atoms. The van der Waals surface area contributed by atoms with E-state index in [0.717, 1.165) is 13.0 Å². The molecule has 10 heavy (non-hydrogen) atoms. The molecule has 0 aliphatic carbocycles. The lowest BCUT2D eigenvalue weighted by Crippen LogP contribution is -2.21. The molecule has 1 N–H and O–H groups in total. The maximum atomic E-state index is 10.4. The quantitative estimate of drug-likeness (QED) is 0.564. The minimum atomic E-state index is -0.722. The van der Waals surface area contributed by atoms with E-state index in [4.69, 9.17) is 5.11 Å². The van der Waals surface area contributed by atoms with Crippen LogP contribution in [0.3, 0.4) is 0 Å². The third-order valence-electron chi connectivity index (χ3n) is 1.45. The highest BCUT2D eigenvalue weighted by Crippen LogP contribution is 2.16. The predicted molar refractivity (Wildman–Crippen MR) is 45.6 cm³/mol. The van der Waals surface area contributed by atoms with Crippen LogP contribution in [-0.4, -0.2) is 20.7 Å². The van der Waals surface area contributed by atoms with Gasteiger partial charge in [0.25, 0.3) is 0 Å². The molecule has 56 valence electrons. The van der Waals surface area contributed by atoms with Crippen LogP contribution < -0.4 is 0 Å². The Bertz CT molecular complexity index is 169. The van der Waals surface area contributed by atoms with Crippen molar-refractivity contribution in [3.8, 4) is 0 Å². The van der Waals surface area contributed by atoms with Crippen LogP contribution in [0.2, 0.25) is 0 Å². The van der Waals surface area contributed by atoms with E-state index >= 15 is 0 Å². The number of carboxylic acids is 1. The summed E-state index contributed by atoms with van der Waals surface area (Å²) in [5, 5.41) is 8.55. The molecule has 3 nitrogen and oxygen atoms in total. The summed E-state index contributed by atoms with van der Waals surface area (Å²) in [7, 11) is 0. The third-order valence-corrected chi connectivity index (χ3v) is 2.26. The second kappa shape index (κ2) is 3.23. The molecular formula is C6H8INO2. The number of halogens is 1. The lowest BCUT2D eigenvalue weighted by atomic mass is 10.0. The summed E-state index contributed by atoms with van der Waals surface area (Å²) in [6.07, 6.45) is 4.25. The molecule has 1 atom stereocenters. The summed E-state index contributed by atoms with van der Waals surface area (Å²) < 4.78 is 1.96. The van der Waals surface area contributed by atoms with Crippen molar-refractivity contribution in [2.24, 2.45) is 5.92 Å². The van der Waals surface area contributed by atoms with Gasteiger partial charge in [-0.1, -0.05) is 6.08 Å². The number of rotatable bonds is 1. The molecule has 0 fully saturated rings. The molecule has 0 radical (unpaired) electrons. The molecule has 0 amide bonds. The minimum Gasteiger partial charge on any atom is -0.481 e. The van der Waals surface area contributed by atoms with E-state index in [1.807, 2.05) is 9.31 Å². The molecule has 1 aliphatic heterocycles. The molecule has 0 saturated heterocycles. The zero-order valence-electron chi connectivity index (χ0n) is 5.33. The van der Waals surface area contributed by atoms with Gasteiger partial charge in [-0.15, -0.1) is 0 Å². The predicted octanol–water partition coefficient (Wildman–Crippen LogP) is 1.26. The van der Waals surface area contributed by atoms with Crippen molar-refractivity contribution in [2.45, 2.75) is 6.42 Å². The van der Waals surface area contributed by atoms with Gasteiger partial charge < -0.3 is 8.22 Å². The normalized spacial score (nSPS) is 24.9. The van der Waals surface area contributed by atoms with Gasteiger partial charge in [0, 0.05) is 12.7 Å². The van der Waals surface area contributed by atoms with Crippen LogP contribution in [0.1, 0.15) is 6.42 Å². The smallest absolute Gasteiger partial charge is 0.310 e. The summed E-state index contributed by atoms with van der Waals surface area (Å²) in [5.41, 5.74) is 0. The molecule has 0 saturated carbocycles. The summed E-state index contributed by atoms with van der Waals surface area (Å²) in [4.78, 5) is 10.4. The van der Waals surface area contributed by atoms with Crippen molar-refractivity contribution >= 4 is 28.8 Å². The first-order chi connectivity index (χ1) is 4.70. The largest absolute Gasteiger partial charge is 0.481 e. The third kappa shape index (κ3) is 1.86. The van der Waals surface area contributed by atoms with Crippen molar-refractivity contribution in [3.05, 3.63) is 12.3 Å². The molecule has 1 unspecified atom stereocenters. The number of aliphatic carboxylic acids is 1. The Hall–Kier alpha value is -0.260. The molecule has 0 aromatic rings. The fourth-order valence-electron chi connectivity index (χ4n) is 0.836. The van der Waals surface area contributed by atoms with E-state index in [1.165, 1.54) is 0 Å². The van der Waals surface area contributed by atoms with Gasteiger partial charge in [-0.3, -0.25) is 4.79 Å². The topological polar surface area (TPSA) is 40.5 Å². The van der Waals surface area contributed by atoms with Gasteiger partial charge >= 0.3 is 5.97 Å².